The van der Waals surface area contributed by atoms with E-state index in [2.05, 4.69) is 14.4 Å². The molecule has 8 nitrogen and oxygen atoms in total. The van der Waals surface area contributed by atoms with Gasteiger partial charge in [-0.1, -0.05) is 29.3 Å². The van der Waals surface area contributed by atoms with Crippen LogP contribution in [0, 0.1) is 5.92 Å². The van der Waals surface area contributed by atoms with Gasteiger partial charge in [0, 0.05) is 18.8 Å². The number of aromatic nitrogens is 1. The van der Waals surface area contributed by atoms with E-state index < -0.39 is 28.7 Å². The summed E-state index contributed by atoms with van der Waals surface area (Å²) in [5.41, 5.74) is 0.785. The Bertz CT molecular complexity index is 1400. The molecule has 1 atom stereocenters. The fourth-order valence-corrected chi connectivity index (χ4v) is 6.06. The molecule has 1 N–H and O–H groups in total. The van der Waals surface area contributed by atoms with Crippen molar-refractivity contribution in [2.24, 2.45) is 5.92 Å². The smallest absolute Gasteiger partial charge is 0.387 e. The lowest BCUT2D eigenvalue weighted by Crippen LogP contribution is -2.21. The average molecular weight is 607 g/mol. The fraction of sp³-hybridized carbons (Fsp3) is 0.333. The number of sulfonamides is 1. The zero-order valence-corrected chi connectivity index (χ0v) is 23.0. The third-order valence-electron chi connectivity index (χ3n) is 5.69. The van der Waals surface area contributed by atoms with Gasteiger partial charge in [0.25, 0.3) is 0 Å². The molecule has 3 aromatic rings. The Balaban J connectivity index is 1.71. The standard InChI is InChI=1S/C24H22Cl2F2N2O6S2/c1-29-38(32,33)21-6-7-37-22(21)23(31)35-19(9-15-16(25)10-30-11-17(15)26)14-4-5-18(36-24(27)28)20(8-14)34-12-13-2-3-13/h4-8,10-11,13,19,24,29H,2-3,9,12H2,1H3/t19-/m0/s1. The summed E-state index contributed by atoms with van der Waals surface area (Å²) in [4.78, 5) is 16.8. The molecule has 1 saturated carbocycles. The number of nitrogens with one attached hydrogen (secondary N) is 1. The fourth-order valence-electron chi connectivity index (χ4n) is 3.52. The summed E-state index contributed by atoms with van der Waals surface area (Å²) in [6.45, 7) is -2.76. The van der Waals surface area contributed by atoms with Crippen molar-refractivity contribution in [1.82, 2.24) is 9.71 Å². The number of carbonyl (C=O) groups excluding carboxylic acids is 1. The number of thiophene rings is 1. The Morgan fingerprint density at radius 3 is 2.53 bits per heavy atom. The summed E-state index contributed by atoms with van der Waals surface area (Å²) < 4.78 is 69.1. The van der Waals surface area contributed by atoms with Crippen molar-refractivity contribution in [2.75, 3.05) is 13.7 Å². The number of halogens is 4. The number of alkyl halides is 2. The van der Waals surface area contributed by atoms with Crippen LogP contribution >= 0.6 is 34.5 Å². The molecule has 2 heterocycles. The molecule has 0 bridgehead atoms. The van der Waals surface area contributed by atoms with Gasteiger partial charge in [0.2, 0.25) is 10.0 Å². The predicted octanol–water partition coefficient (Wildman–Crippen LogP) is 5.89. The number of nitrogens with zero attached hydrogens (tertiary/aromatic N) is 1. The first-order valence-corrected chi connectivity index (χ1v) is 14.4. The van der Waals surface area contributed by atoms with Gasteiger partial charge < -0.3 is 14.2 Å². The summed E-state index contributed by atoms with van der Waals surface area (Å²) in [7, 11) is -2.71. The average Bonchev–Trinajstić information content (AvgIpc) is 3.56. The van der Waals surface area contributed by atoms with E-state index in [1.807, 2.05) is 0 Å². The molecule has 1 aliphatic rings. The summed E-state index contributed by atoms with van der Waals surface area (Å²) in [6, 6.07) is 5.48. The Morgan fingerprint density at radius 1 is 1.18 bits per heavy atom. The number of hydrogen-bond donors (Lipinski definition) is 1. The van der Waals surface area contributed by atoms with Crippen LogP contribution in [0.2, 0.25) is 10.0 Å². The van der Waals surface area contributed by atoms with Gasteiger partial charge in [-0.15, -0.1) is 11.3 Å². The number of esters is 1. The van der Waals surface area contributed by atoms with Crippen molar-refractivity contribution in [3.63, 3.8) is 0 Å². The van der Waals surface area contributed by atoms with Crippen molar-refractivity contribution in [3.8, 4) is 11.5 Å². The zero-order chi connectivity index (χ0) is 27.4. The van der Waals surface area contributed by atoms with E-state index in [-0.39, 0.29) is 37.7 Å². The third kappa shape index (κ3) is 6.92. The molecule has 0 unspecified atom stereocenters. The molecule has 2 aromatic heterocycles. The lowest BCUT2D eigenvalue weighted by Gasteiger charge is -2.21. The van der Waals surface area contributed by atoms with Gasteiger partial charge in [0.15, 0.2) is 11.5 Å². The second-order valence-corrected chi connectivity index (χ2v) is 11.9. The van der Waals surface area contributed by atoms with Crippen molar-refractivity contribution in [2.45, 2.75) is 36.9 Å². The monoisotopic (exact) mass is 606 g/mol. The molecule has 0 radical (unpaired) electrons. The minimum atomic E-state index is -3.94. The number of ether oxygens (including phenoxy) is 3. The molecule has 38 heavy (non-hydrogen) atoms. The van der Waals surface area contributed by atoms with Crippen molar-refractivity contribution < 1.29 is 36.2 Å². The van der Waals surface area contributed by atoms with E-state index >= 15 is 0 Å². The van der Waals surface area contributed by atoms with Crippen molar-refractivity contribution >= 4 is 50.5 Å². The third-order valence-corrected chi connectivity index (χ3v) is 8.82. The molecular weight excluding hydrogens is 585 g/mol. The minimum Gasteiger partial charge on any atom is -0.489 e. The molecule has 1 aliphatic carbocycles. The highest BCUT2D eigenvalue weighted by Crippen LogP contribution is 2.38. The SMILES string of the molecule is CNS(=O)(=O)c1ccsc1C(=O)O[C@@H](Cc1c(Cl)cncc1Cl)c1ccc(OC(F)F)c(OCC2CC2)c1. The minimum absolute atomic E-state index is 0.0253. The summed E-state index contributed by atoms with van der Waals surface area (Å²) in [5.74, 6) is -0.701. The first kappa shape index (κ1) is 28.5. The van der Waals surface area contributed by atoms with E-state index in [4.69, 9.17) is 32.7 Å². The van der Waals surface area contributed by atoms with Crippen molar-refractivity contribution in [3.05, 3.63) is 68.1 Å². The maximum absolute atomic E-state index is 13.2. The zero-order valence-electron chi connectivity index (χ0n) is 19.8. The van der Waals surface area contributed by atoms with Gasteiger partial charge in [-0.05, 0) is 60.5 Å². The lowest BCUT2D eigenvalue weighted by atomic mass is 10.0. The van der Waals surface area contributed by atoms with Crippen LogP contribution in [0.1, 0.15) is 39.7 Å². The largest absolute Gasteiger partial charge is 0.489 e. The Kier molecular flexibility index (Phi) is 9.09. The van der Waals surface area contributed by atoms with Crippen LogP contribution < -0.4 is 14.2 Å². The van der Waals surface area contributed by atoms with Crippen LogP contribution in [0.5, 0.6) is 11.5 Å². The van der Waals surface area contributed by atoms with Crippen LogP contribution in [0.3, 0.4) is 0 Å². The Labute approximate surface area is 231 Å². The highest BCUT2D eigenvalue weighted by Gasteiger charge is 2.29. The molecule has 0 aliphatic heterocycles. The maximum atomic E-state index is 13.2. The van der Waals surface area contributed by atoms with Crippen LogP contribution in [0.15, 0.2) is 46.9 Å². The highest BCUT2D eigenvalue weighted by atomic mass is 35.5. The van der Waals surface area contributed by atoms with E-state index in [9.17, 15) is 22.0 Å². The number of pyridine rings is 1. The van der Waals surface area contributed by atoms with Crippen LogP contribution in [-0.4, -0.2) is 39.6 Å². The number of hydrogen-bond acceptors (Lipinski definition) is 8. The maximum Gasteiger partial charge on any atom is 0.387 e. The summed E-state index contributed by atoms with van der Waals surface area (Å²) in [5, 5.41) is 1.89. The number of carbonyl (C=O) groups is 1. The summed E-state index contributed by atoms with van der Waals surface area (Å²) >= 11 is 13.5. The first-order chi connectivity index (χ1) is 18.1. The molecule has 0 spiro atoms. The van der Waals surface area contributed by atoms with E-state index in [0.29, 0.717) is 23.7 Å². The Morgan fingerprint density at radius 2 is 1.89 bits per heavy atom. The number of benzene rings is 1. The molecule has 1 fully saturated rings. The second kappa shape index (κ2) is 12.1. The topological polar surface area (TPSA) is 104 Å². The van der Waals surface area contributed by atoms with Crippen LogP contribution in [0.4, 0.5) is 8.78 Å². The molecule has 4 rings (SSSR count). The molecule has 0 amide bonds. The van der Waals surface area contributed by atoms with Gasteiger partial charge in [-0.25, -0.2) is 17.9 Å². The predicted molar refractivity (Wildman–Crippen MR) is 138 cm³/mol. The number of rotatable bonds is 12. The van der Waals surface area contributed by atoms with Gasteiger partial charge in [-0.3, -0.25) is 4.98 Å². The Hall–Kier alpha value is -2.51. The van der Waals surface area contributed by atoms with Gasteiger partial charge in [-0.2, -0.15) is 8.78 Å². The molecule has 204 valence electrons. The quantitative estimate of drug-likeness (QED) is 0.256. The molecular formula is C24H22Cl2F2N2O6S2. The van der Waals surface area contributed by atoms with Gasteiger partial charge in [0.1, 0.15) is 15.9 Å². The van der Waals surface area contributed by atoms with E-state index in [1.54, 1.807) is 0 Å². The normalized spacial score (nSPS) is 14.4. The first-order valence-electron chi connectivity index (χ1n) is 11.3. The van der Waals surface area contributed by atoms with Crippen LogP contribution in [0.25, 0.3) is 0 Å². The van der Waals surface area contributed by atoms with Crippen molar-refractivity contribution in [1.29, 1.82) is 0 Å². The van der Waals surface area contributed by atoms with Gasteiger partial charge in [0.05, 0.1) is 16.7 Å². The lowest BCUT2D eigenvalue weighted by molar-refractivity contribution is -0.0515. The second-order valence-electron chi connectivity index (χ2n) is 8.34. The van der Waals surface area contributed by atoms with Gasteiger partial charge >= 0.3 is 12.6 Å². The molecule has 1 aromatic carbocycles. The molecule has 0 saturated heterocycles. The van der Waals surface area contributed by atoms with E-state index in [1.165, 1.54) is 49.1 Å². The van der Waals surface area contributed by atoms with E-state index in [0.717, 1.165) is 24.2 Å². The summed E-state index contributed by atoms with van der Waals surface area (Å²) in [6.07, 6.45) is 3.62. The molecule has 14 heteroatoms. The van der Waals surface area contributed by atoms with Crippen LogP contribution in [-0.2, 0) is 21.2 Å². The highest BCUT2D eigenvalue weighted by molar-refractivity contribution is 7.89.